The molecule has 1 amide bonds. The van der Waals surface area contributed by atoms with Gasteiger partial charge >= 0.3 is 0 Å². The van der Waals surface area contributed by atoms with Crippen molar-refractivity contribution >= 4 is 11.6 Å². The monoisotopic (exact) mass is 351 g/mol. The van der Waals surface area contributed by atoms with Crippen molar-refractivity contribution in [2.75, 3.05) is 13.1 Å². The number of amides is 1. The van der Waals surface area contributed by atoms with E-state index >= 15 is 0 Å². The molecule has 3 aromatic heterocycles. The second-order valence-electron chi connectivity index (χ2n) is 6.90. The molecule has 4 heterocycles. The molecule has 134 valence electrons. The summed E-state index contributed by atoms with van der Waals surface area (Å²) in [6, 6.07) is 5.48. The Hall–Kier alpha value is -2.96. The van der Waals surface area contributed by atoms with Crippen LogP contribution >= 0.6 is 0 Å². The van der Waals surface area contributed by atoms with Gasteiger partial charge in [0.1, 0.15) is 11.3 Å². The third-order valence-electron chi connectivity index (χ3n) is 4.98. The number of likely N-dealkylation sites (tertiary alicyclic amines) is 1. The molecular formula is C19H21N5O2. The van der Waals surface area contributed by atoms with Crippen molar-refractivity contribution in [2.24, 2.45) is 0 Å². The van der Waals surface area contributed by atoms with Gasteiger partial charge in [0.05, 0.1) is 17.7 Å². The largest absolute Gasteiger partial charge is 0.337 e. The minimum atomic E-state index is -0.161. The van der Waals surface area contributed by atoms with Crippen LogP contribution in [0.3, 0.4) is 0 Å². The molecule has 0 saturated carbocycles. The van der Waals surface area contributed by atoms with E-state index in [-0.39, 0.29) is 17.4 Å². The molecule has 1 aliphatic rings. The Kier molecular flexibility index (Phi) is 4.06. The van der Waals surface area contributed by atoms with Crippen molar-refractivity contribution < 1.29 is 4.79 Å². The highest BCUT2D eigenvalue weighted by Gasteiger charge is 2.29. The zero-order valence-corrected chi connectivity index (χ0v) is 14.9. The van der Waals surface area contributed by atoms with Crippen LogP contribution in [0.1, 0.15) is 46.2 Å². The predicted octanol–water partition coefficient (Wildman–Crippen LogP) is 2.05. The summed E-state index contributed by atoms with van der Waals surface area (Å²) < 4.78 is 1.86. The number of carbonyl (C=O) groups excluding carboxylic acids is 1. The number of hydrogen-bond donors (Lipinski definition) is 1. The lowest BCUT2D eigenvalue weighted by atomic mass is 9.94. The van der Waals surface area contributed by atoms with Crippen LogP contribution < -0.4 is 5.56 Å². The van der Waals surface area contributed by atoms with Gasteiger partial charge in [-0.15, -0.1) is 0 Å². The maximum absolute atomic E-state index is 13.2. The molecule has 0 aliphatic carbocycles. The number of aromatic amines is 1. The highest BCUT2D eigenvalue weighted by molar-refractivity contribution is 5.94. The van der Waals surface area contributed by atoms with Crippen LogP contribution in [0.4, 0.5) is 0 Å². The Labute approximate surface area is 150 Å². The molecule has 0 aromatic carbocycles. The van der Waals surface area contributed by atoms with E-state index in [1.807, 2.05) is 41.5 Å². The number of fused-ring (bicyclic) bond motifs is 1. The third-order valence-corrected chi connectivity index (χ3v) is 4.98. The van der Waals surface area contributed by atoms with E-state index in [0.717, 1.165) is 35.4 Å². The number of hydrogen-bond acceptors (Lipinski definition) is 4. The van der Waals surface area contributed by atoms with Crippen molar-refractivity contribution in [2.45, 2.75) is 32.6 Å². The van der Waals surface area contributed by atoms with Crippen LogP contribution in [-0.2, 0) is 0 Å². The van der Waals surface area contributed by atoms with Gasteiger partial charge in [-0.3, -0.25) is 14.0 Å². The number of imidazole rings is 1. The maximum Gasteiger partial charge on any atom is 0.272 e. The third kappa shape index (κ3) is 2.89. The molecule has 1 N–H and O–H groups in total. The lowest BCUT2D eigenvalue weighted by Crippen LogP contribution is -2.40. The molecule has 1 atom stereocenters. The van der Waals surface area contributed by atoms with Crippen LogP contribution in [0, 0.1) is 13.8 Å². The fourth-order valence-corrected chi connectivity index (χ4v) is 3.68. The minimum absolute atomic E-state index is 0.0200. The molecule has 26 heavy (non-hydrogen) atoms. The number of piperidine rings is 1. The van der Waals surface area contributed by atoms with Gasteiger partial charge in [0.25, 0.3) is 11.5 Å². The standard InChI is InChI=1S/C19H21N5O2/c1-12-5-7-24-16(8-12)22-13(2)18(24)19(26)23-6-3-4-14(10-23)15-9-17(25)21-11-20-15/h5,7-9,11,14H,3-4,6,10H2,1-2H3,(H,20,21,25). The Bertz CT molecular complexity index is 1040. The fourth-order valence-electron chi connectivity index (χ4n) is 3.68. The molecular weight excluding hydrogens is 330 g/mol. The van der Waals surface area contributed by atoms with Gasteiger partial charge in [0.2, 0.25) is 0 Å². The maximum atomic E-state index is 13.2. The van der Waals surface area contributed by atoms with Gasteiger partial charge in [-0.1, -0.05) is 0 Å². The van der Waals surface area contributed by atoms with Gasteiger partial charge in [0.15, 0.2) is 0 Å². The van der Waals surface area contributed by atoms with Gasteiger partial charge in [-0.25, -0.2) is 9.97 Å². The Morgan fingerprint density at radius 2 is 2.15 bits per heavy atom. The average molecular weight is 351 g/mol. The number of nitrogens with one attached hydrogen (secondary N) is 1. The van der Waals surface area contributed by atoms with E-state index in [4.69, 9.17) is 0 Å². The summed E-state index contributed by atoms with van der Waals surface area (Å²) in [5.74, 6) is 0.0603. The highest BCUT2D eigenvalue weighted by Crippen LogP contribution is 2.26. The summed E-state index contributed by atoms with van der Waals surface area (Å²) in [6.45, 7) is 5.15. The quantitative estimate of drug-likeness (QED) is 0.766. The fraction of sp³-hybridized carbons (Fsp3) is 0.368. The summed E-state index contributed by atoms with van der Waals surface area (Å²) >= 11 is 0. The summed E-state index contributed by atoms with van der Waals surface area (Å²) in [5.41, 5.74) is 3.83. The number of H-pyrrole nitrogens is 1. The Morgan fingerprint density at radius 3 is 2.96 bits per heavy atom. The van der Waals surface area contributed by atoms with Crippen LogP contribution in [0.25, 0.3) is 5.65 Å². The number of pyridine rings is 1. The molecule has 1 unspecified atom stereocenters. The number of aromatic nitrogens is 4. The van der Waals surface area contributed by atoms with E-state index in [2.05, 4.69) is 15.0 Å². The molecule has 3 aromatic rings. The molecule has 4 rings (SSSR count). The van der Waals surface area contributed by atoms with Crippen molar-refractivity contribution in [3.63, 3.8) is 0 Å². The summed E-state index contributed by atoms with van der Waals surface area (Å²) in [7, 11) is 0. The van der Waals surface area contributed by atoms with Crippen molar-refractivity contribution in [1.29, 1.82) is 0 Å². The first kappa shape index (κ1) is 16.5. The zero-order valence-electron chi connectivity index (χ0n) is 14.9. The average Bonchev–Trinajstić information content (AvgIpc) is 2.96. The molecule has 1 saturated heterocycles. The second-order valence-corrected chi connectivity index (χ2v) is 6.90. The van der Waals surface area contributed by atoms with Gasteiger partial charge in [-0.2, -0.15) is 0 Å². The first-order valence-electron chi connectivity index (χ1n) is 8.82. The summed E-state index contributed by atoms with van der Waals surface area (Å²) in [5, 5.41) is 0. The topological polar surface area (TPSA) is 83.4 Å². The highest BCUT2D eigenvalue weighted by atomic mass is 16.2. The summed E-state index contributed by atoms with van der Waals surface area (Å²) in [4.78, 5) is 38.0. The number of rotatable bonds is 2. The first-order chi connectivity index (χ1) is 12.5. The molecule has 1 aliphatic heterocycles. The van der Waals surface area contributed by atoms with Crippen molar-refractivity contribution in [1.82, 2.24) is 24.3 Å². The Balaban J connectivity index is 1.64. The van der Waals surface area contributed by atoms with E-state index in [0.29, 0.717) is 18.8 Å². The van der Waals surface area contributed by atoms with E-state index in [9.17, 15) is 9.59 Å². The van der Waals surface area contributed by atoms with E-state index in [1.165, 1.54) is 12.4 Å². The van der Waals surface area contributed by atoms with E-state index < -0.39 is 0 Å². The number of aryl methyl sites for hydroxylation is 2. The lowest BCUT2D eigenvalue weighted by molar-refractivity contribution is 0.0698. The van der Waals surface area contributed by atoms with Crippen LogP contribution in [0.5, 0.6) is 0 Å². The predicted molar refractivity (Wildman–Crippen MR) is 97.4 cm³/mol. The molecule has 0 spiro atoms. The van der Waals surface area contributed by atoms with Crippen molar-refractivity contribution in [3.8, 4) is 0 Å². The first-order valence-corrected chi connectivity index (χ1v) is 8.82. The molecule has 0 bridgehead atoms. The van der Waals surface area contributed by atoms with Crippen LogP contribution in [0.2, 0.25) is 0 Å². The summed E-state index contributed by atoms with van der Waals surface area (Å²) in [6.07, 6.45) is 5.14. The molecule has 0 radical (unpaired) electrons. The second kappa shape index (κ2) is 6.40. The van der Waals surface area contributed by atoms with Crippen LogP contribution in [-0.4, -0.2) is 43.2 Å². The molecule has 7 nitrogen and oxygen atoms in total. The normalized spacial score (nSPS) is 17.6. The number of carbonyl (C=O) groups is 1. The zero-order chi connectivity index (χ0) is 18.3. The lowest BCUT2D eigenvalue weighted by Gasteiger charge is -2.32. The SMILES string of the molecule is Cc1ccn2c(C(=O)N3CCCC(c4cc(=O)[nH]cn4)C3)c(C)nc2c1. The van der Waals surface area contributed by atoms with Crippen LogP contribution in [0.15, 0.2) is 35.5 Å². The van der Waals surface area contributed by atoms with Gasteiger partial charge in [0, 0.05) is 31.3 Å². The number of nitrogens with zero attached hydrogens (tertiary/aromatic N) is 4. The van der Waals surface area contributed by atoms with E-state index in [1.54, 1.807) is 0 Å². The molecule has 7 heteroatoms. The van der Waals surface area contributed by atoms with Gasteiger partial charge < -0.3 is 9.88 Å². The minimum Gasteiger partial charge on any atom is -0.337 e. The van der Waals surface area contributed by atoms with Crippen molar-refractivity contribution in [3.05, 3.63) is 63.7 Å². The molecule has 1 fully saturated rings. The van der Waals surface area contributed by atoms with Gasteiger partial charge in [-0.05, 0) is 44.4 Å². The smallest absolute Gasteiger partial charge is 0.272 e. The Morgan fingerprint density at radius 1 is 1.31 bits per heavy atom.